The monoisotopic (exact) mass is 1770 g/mol. The van der Waals surface area contributed by atoms with Gasteiger partial charge < -0.3 is 14.0 Å². The zero-order valence-corrected chi connectivity index (χ0v) is 76.2. The van der Waals surface area contributed by atoms with Gasteiger partial charge in [0.1, 0.15) is 12.0 Å². The molecule has 5 aromatic heterocycles. The fourth-order valence-corrected chi connectivity index (χ4v) is 21.4. The summed E-state index contributed by atoms with van der Waals surface area (Å²) in [6, 6.07) is 181. The number of aromatic nitrogens is 7. The Labute approximate surface area is 806 Å². The van der Waals surface area contributed by atoms with Crippen molar-refractivity contribution in [2.75, 3.05) is 4.90 Å². The molecule has 20 aromatic carbocycles. The number of aryl methyl sites for hydroxylation is 1. The Hall–Kier alpha value is -18.5. The van der Waals surface area contributed by atoms with Crippen molar-refractivity contribution in [2.45, 2.75) is 0 Å². The third-order valence-corrected chi connectivity index (χ3v) is 27.5. The van der Waals surface area contributed by atoms with Gasteiger partial charge in [-0.1, -0.05) is 425 Å². The minimum Gasteiger partial charge on any atom is -0.343 e. The van der Waals surface area contributed by atoms with Crippen LogP contribution in [0.1, 0.15) is 0 Å². The molecule has 0 atom stereocenters. The highest BCUT2D eigenvalue weighted by molar-refractivity contribution is 6.21. The Morgan fingerprint density at radius 3 is 0.928 bits per heavy atom. The molecule has 5 heterocycles. The number of hydrogen-bond acceptors (Lipinski definition) is 5. The smallest absolute Gasteiger partial charge is 0.165 e. The Balaban J connectivity index is 0.000000105. The lowest BCUT2D eigenvalue weighted by Crippen LogP contribution is -2.09. The number of rotatable bonds is 11. The van der Waals surface area contributed by atoms with Crippen molar-refractivity contribution in [3.05, 3.63) is 516 Å². The van der Waals surface area contributed by atoms with Crippen molar-refractivity contribution >= 4 is 71.7 Å². The highest BCUT2D eigenvalue weighted by Gasteiger charge is 2.34. The van der Waals surface area contributed by atoms with E-state index >= 15 is 0 Å². The fraction of sp³-hybridized carbons (Fsp3) is 0.00763. The first-order chi connectivity index (χ1) is 69.0. The molecule has 0 aliphatic heterocycles. The number of nitrogens with zero attached hydrogens (tertiary/aromatic N) is 8. The van der Waals surface area contributed by atoms with Crippen molar-refractivity contribution in [1.29, 1.82) is 0 Å². The molecule has 139 heavy (non-hydrogen) atoms. The average Bonchev–Trinajstić information content (AvgIpc) is 1.55. The SMILES string of the molecule is Cn1c(-c2ccccc2)c2c3c(cccc31)-c1ccccc1-c1ccccc1-2.c1ccc(-c2c3c4c(cccc4n2-c2ccc(-c4ccc(N(c5ccccc5)c5ccccc5)cc4)cc2)-c2ccccc2-c2ccccc2-3)cc1.c1ccc(-c2nc3ccccc3nc2-n2c(-c3ccccc3)c3c4c(cccc42)-c2ccccc2-c2ccccc2-3)cc1.c1ccc(-c2ncnc3ccccc23)cc1. The molecule has 652 valence electrons. The van der Waals surface area contributed by atoms with Crippen LogP contribution in [0.5, 0.6) is 0 Å². The van der Waals surface area contributed by atoms with E-state index in [0.717, 1.165) is 89.8 Å². The number of benzene rings is 20. The van der Waals surface area contributed by atoms with Crippen LogP contribution in [0.2, 0.25) is 0 Å². The van der Waals surface area contributed by atoms with E-state index in [4.69, 9.17) is 9.97 Å². The van der Waals surface area contributed by atoms with E-state index in [1.54, 1.807) is 6.33 Å². The van der Waals surface area contributed by atoms with Gasteiger partial charge in [0.2, 0.25) is 0 Å². The van der Waals surface area contributed by atoms with Crippen LogP contribution in [0.3, 0.4) is 0 Å². The van der Waals surface area contributed by atoms with Gasteiger partial charge in [0.15, 0.2) is 5.82 Å². The van der Waals surface area contributed by atoms with Crippen LogP contribution in [0.4, 0.5) is 17.1 Å². The number of para-hydroxylation sites is 5. The predicted octanol–water partition coefficient (Wildman–Crippen LogP) is 34.4. The zero-order valence-electron chi connectivity index (χ0n) is 76.2. The third kappa shape index (κ3) is 14.5. The second-order valence-corrected chi connectivity index (χ2v) is 35.3. The Morgan fingerprint density at radius 1 is 0.194 bits per heavy atom. The maximum Gasteiger partial charge on any atom is 0.165 e. The summed E-state index contributed by atoms with van der Waals surface area (Å²) in [6.07, 6.45) is 1.62. The summed E-state index contributed by atoms with van der Waals surface area (Å²) < 4.78 is 7.18. The molecule has 8 nitrogen and oxygen atoms in total. The van der Waals surface area contributed by atoms with Crippen molar-refractivity contribution in [1.82, 2.24) is 33.6 Å². The lowest BCUT2D eigenvalue weighted by Gasteiger charge is -2.25. The van der Waals surface area contributed by atoms with Crippen LogP contribution >= 0.6 is 0 Å². The highest BCUT2D eigenvalue weighted by Crippen LogP contribution is 2.58. The summed E-state index contributed by atoms with van der Waals surface area (Å²) in [4.78, 5) is 21.6. The molecular formula is C131H88N8. The van der Waals surface area contributed by atoms with Crippen LogP contribution in [0.15, 0.2) is 516 Å². The second-order valence-electron chi connectivity index (χ2n) is 35.3. The minimum atomic E-state index is 0.823. The van der Waals surface area contributed by atoms with Gasteiger partial charge in [-0.3, -0.25) is 4.57 Å². The molecule has 0 amide bonds. The summed E-state index contributed by atoms with van der Waals surface area (Å²) in [5.41, 5.74) is 47.3. The van der Waals surface area contributed by atoms with Gasteiger partial charge in [-0.25, -0.2) is 19.9 Å². The van der Waals surface area contributed by atoms with Gasteiger partial charge in [0.25, 0.3) is 0 Å². The number of fused-ring (bicyclic) bond motifs is 17. The Bertz CT molecular complexity index is 8920. The van der Waals surface area contributed by atoms with Crippen LogP contribution in [0.25, 0.3) is 234 Å². The van der Waals surface area contributed by atoms with Crippen molar-refractivity contribution < 1.29 is 0 Å². The van der Waals surface area contributed by atoms with Gasteiger partial charge in [0, 0.05) is 84.7 Å². The molecule has 0 N–H and O–H groups in total. The minimum absolute atomic E-state index is 0.823. The number of hydrogen-bond donors (Lipinski definition) is 0. The van der Waals surface area contributed by atoms with Crippen LogP contribution in [-0.4, -0.2) is 33.6 Å². The van der Waals surface area contributed by atoms with Crippen molar-refractivity contribution in [2.24, 2.45) is 7.05 Å². The Kier molecular flexibility index (Phi) is 21.0. The summed E-state index contributed by atoms with van der Waals surface area (Å²) in [7, 11) is 2.19. The standard InChI is InChI=1S/C50H34N2.C40H25N3.C27H19N.C14H10N2/c1-4-15-37(16-5-1)50-49-46-24-13-12-23-44(46)42-21-10-11-22-43(42)45-25-14-26-47(48(45)49)52(50)41-33-29-36(30-34-41)35-27-31-40(32-28-35)51(38-17-6-2-7-18-38)39-19-8-3-9-20-39;1-3-14-26(15-4-1)38-40(42-34-24-12-11-23-33(34)41-38)43-35-25-13-22-31-29-19-8-7-18-28(29)30-20-9-10-21-32(30)37(36(31)35)39(43)27-16-5-2-6-17-27;1-28-24-17-9-16-22-20-13-6-5-12-19(20)21-14-7-8-15-23(21)26(25(22)24)27(28)18-10-3-2-4-11-18;1-2-6-11(7-3-1)14-12-8-4-5-9-13(12)15-10-16-14/h1-34H;1-25H;2-17H,1H3;1-10H. The molecule has 28 rings (SSSR count). The number of anilines is 3. The van der Waals surface area contributed by atoms with E-state index in [1.165, 1.54) is 161 Å². The third-order valence-electron chi connectivity index (χ3n) is 27.5. The predicted molar refractivity (Wildman–Crippen MR) is 579 cm³/mol. The molecular weight excluding hydrogens is 1690 g/mol. The van der Waals surface area contributed by atoms with E-state index in [0.29, 0.717) is 0 Å². The topological polar surface area (TPSA) is 69.6 Å². The zero-order chi connectivity index (χ0) is 92.2. The van der Waals surface area contributed by atoms with Gasteiger partial charge in [-0.05, 0) is 196 Å². The largest absolute Gasteiger partial charge is 0.343 e. The molecule has 0 saturated heterocycles. The van der Waals surface area contributed by atoms with Crippen molar-refractivity contribution in [3.8, 4) is 179 Å². The van der Waals surface area contributed by atoms with Gasteiger partial charge in [-0.15, -0.1) is 0 Å². The molecule has 0 spiro atoms. The maximum atomic E-state index is 5.38. The van der Waals surface area contributed by atoms with E-state index in [-0.39, 0.29) is 0 Å². The first-order valence-electron chi connectivity index (χ1n) is 47.4. The molecule has 0 unspecified atom stereocenters. The molecule has 0 fully saturated rings. The van der Waals surface area contributed by atoms with Gasteiger partial charge >= 0.3 is 0 Å². The summed E-state index contributed by atoms with van der Waals surface area (Å²) in [5.74, 6) is 0.823. The lowest BCUT2D eigenvalue weighted by molar-refractivity contribution is 0.979. The maximum absolute atomic E-state index is 5.38. The lowest BCUT2D eigenvalue weighted by atomic mass is 9.93. The normalized spacial score (nSPS) is 11.5. The van der Waals surface area contributed by atoms with Crippen LogP contribution in [-0.2, 0) is 7.05 Å². The van der Waals surface area contributed by atoms with Crippen LogP contribution < -0.4 is 4.90 Å². The molecule has 3 aliphatic carbocycles. The Morgan fingerprint density at radius 2 is 0.489 bits per heavy atom. The molecule has 3 aliphatic rings. The average molecular weight is 1770 g/mol. The molecule has 8 heteroatoms. The quantitative estimate of drug-likeness (QED) is 0.129. The molecule has 0 saturated carbocycles. The highest BCUT2D eigenvalue weighted by atomic mass is 15.1. The molecule has 0 bridgehead atoms. The van der Waals surface area contributed by atoms with E-state index in [9.17, 15) is 0 Å². The molecule has 25 aromatic rings. The summed E-state index contributed by atoms with van der Waals surface area (Å²) in [6.45, 7) is 0. The van der Waals surface area contributed by atoms with Crippen LogP contribution in [0, 0.1) is 0 Å². The van der Waals surface area contributed by atoms with E-state index in [2.05, 4.69) is 485 Å². The van der Waals surface area contributed by atoms with E-state index in [1.807, 2.05) is 60.7 Å². The van der Waals surface area contributed by atoms with E-state index < -0.39 is 0 Å². The summed E-state index contributed by atoms with van der Waals surface area (Å²) in [5, 5.41) is 4.96. The fourth-order valence-electron chi connectivity index (χ4n) is 21.4. The molecule has 0 radical (unpaired) electrons. The van der Waals surface area contributed by atoms with Crippen molar-refractivity contribution in [3.63, 3.8) is 0 Å². The summed E-state index contributed by atoms with van der Waals surface area (Å²) >= 11 is 0. The second kappa shape index (κ2) is 35.5. The van der Waals surface area contributed by atoms with Gasteiger partial charge in [-0.2, -0.15) is 0 Å². The first kappa shape index (κ1) is 82.4. The van der Waals surface area contributed by atoms with Gasteiger partial charge in [0.05, 0.1) is 50.4 Å². The first-order valence-corrected chi connectivity index (χ1v) is 47.4.